The molecule has 2 atom stereocenters. The standard InChI is InChI=1S/C27H30N6O8S3/c1-2-17-3-4-20-18(11-17)12-24(29-20)43(36,37)32-5-6-33(19(16-32)13-25(34)31-7-9-41-10-8-31)27(35)26-30-21-14-23(44(38,39)40)28-15-22(21)42-26/h1,3-4,11-12,19,23,28-29H,5-10,13-16H2,(H,38,39,40). The first-order chi connectivity index (χ1) is 20.9. The number of thiazole rings is 1. The molecule has 2 aromatic heterocycles. The van der Waals surface area contributed by atoms with Crippen LogP contribution in [0.25, 0.3) is 10.9 Å². The Morgan fingerprint density at radius 1 is 1.14 bits per heavy atom. The summed E-state index contributed by atoms with van der Waals surface area (Å²) in [6.07, 6.45) is 5.29. The summed E-state index contributed by atoms with van der Waals surface area (Å²) >= 11 is 1.10. The average molecular weight is 663 g/mol. The maximum atomic E-state index is 13.8. The molecule has 234 valence electrons. The van der Waals surface area contributed by atoms with Crippen molar-refractivity contribution in [3.05, 3.63) is 45.4 Å². The fourth-order valence-corrected chi connectivity index (χ4v) is 8.81. The number of sulfonamides is 1. The molecule has 3 N–H and O–H groups in total. The second kappa shape index (κ2) is 11.9. The Kier molecular flexibility index (Phi) is 8.26. The Bertz CT molecular complexity index is 1870. The lowest BCUT2D eigenvalue weighted by Gasteiger charge is -2.41. The van der Waals surface area contributed by atoms with E-state index in [1.165, 1.54) is 15.3 Å². The quantitative estimate of drug-likeness (QED) is 0.244. The summed E-state index contributed by atoms with van der Waals surface area (Å²) < 4.78 is 66.9. The molecule has 5 heterocycles. The summed E-state index contributed by atoms with van der Waals surface area (Å²) in [6, 6.07) is 5.87. The molecular weight excluding hydrogens is 633 g/mol. The third-order valence-electron chi connectivity index (χ3n) is 8.05. The number of piperazine rings is 1. The molecule has 0 aliphatic carbocycles. The average Bonchev–Trinajstić information content (AvgIpc) is 3.65. The Morgan fingerprint density at radius 2 is 1.91 bits per heavy atom. The van der Waals surface area contributed by atoms with Crippen LogP contribution in [-0.2, 0) is 42.6 Å². The molecule has 0 radical (unpaired) electrons. The molecule has 2 saturated heterocycles. The number of terminal acetylenes is 1. The highest BCUT2D eigenvalue weighted by atomic mass is 32.2. The zero-order valence-corrected chi connectivity index (χ0v) is 25.9. The highest BCUT2D eigenvalue weighted by Crippen LogP contribution is 2.29. The third-order valence-corrected chi connectivity index (χ3v) is 12.0. The number of ether oxygens (including phenoxy) is 1. The number of benzene rings is 1. The number of nitrogens with one attached hydrogen (secondary N) is 2. The van der Waals surface area contributed by atoms with Crippen molar-refractivity contribution in [1.29, 1.82) is 0 Å². The summed E-state index contributed by atoms with van der Waals surface area (Å²) in [5.41, 5.74) is 1.62. The van der Waals surface area contributed by atoms with E-state index in [-0.39, 0.29) is 55.0 Å². The van der Waals surface area contributed by atoms with E-state index in [9.17, 15) is 31.0 Å². The number of aromatic amines is 1. The van der Waals surface area contributed by atoms with Crippen molar-refractivity contribution >= 4 is 54.2 Å². The molecule has 0 saturated carbocycles. The van der Waals surface area contributed by atoms with Crippen LogP contribution >= 0.6 is 11.3 Å². The smallest absolute Gasteiger partial charge is 0.283 e. The van der Waals surface area contributed by atoms with Crippen molar-refractivity contribution in [1.82, 2.24) is 29.4 Å². The summed E-state index contributed by atoms with van der Waals surface area (Å²) in [4.78, 5) is 38.3. The SMILES string of the molecule is C#Cc1ccc2[nH]c(S(=O)(=O)N3CCN(C(=O)c4nc5c(s4)CNC(S(=O)(=O)O)C5)C(CC(=O)N4CCOCC4)C3)cc2c1. The predicted molar refractivity (Wildman–Crippen MR) is 160 cm³/mol. The van der Waals surface area contributed by atoms with E-state index in [4.69, 9.17) is 11.2 Å². The van der Waals surface area contributed by atoms with E-state index in [0.717, 1.165) is 11.3 Å². The van der Waals surface area contributed by atoms with Gasteiger partial charge in [-0.1, -0.05) is 5.92 Å². The van der Waals surface area contributed by atoms with E-state index in [2.05, 4.69) is 21.2 Å². The normalized spacial score (nSPS) is 21.6. The van der Waals surface area contributed by atoms with Crippen LogP contribution in [0, 0.1) is 12.3 Å². The molecule has 3 aliphatic heterocycles. The first-order valence-corrected chi connectivity index (χ1v) is 17.6. The number of carbonyl (C=O) groups is 2. The minimum atomic E-state index is -4.36. The molecule has 14 nitrogen and oxygen atoms in total. The molecule has 0 bridgehead atoms. The fraction of sp³-hybridized carbons (Fsp3) is 0.444. The van der Waals surface area contributed by atoms with E-state index in [1.807, 2.05) is 0 Å². The zero-order valence-electron chi connectivity index (χ0n) is 23.4. The number of aromatic nitrogens is 2. The lowest BCUT2D eigenvalue weighted by Crippen LogP contribution is -2.58. The van der Waals surface area contributed by atoms with E-state index in [0.29, 0.717) is 53.3 Å². The van der Waals surface area contributed by atoms with Gasteiger partial charge in [0.25, 0.3) is 26.0 Å². The maximum absolute atomic E-state index is 13.8. The number of morpholine rings is 1. The van der Waals surface area contributed by atoms with Crippen LogP contribution in [0.2, 0.25) is 0 Å². The second-order valence-corrected chi connectivity index (χ2v) is 15.4. The monoisotopic (exact) mass is 662 g/mol. The van der Waals surface area contributed by atoms with Gasteiger partial charge in [0.1, 0.15) is 10.4 Å². The van der Waals surface area contributed by atoms with Crippen LogP contribution in [0.4, 0.5) is 0 Å². The second-order valence-electron chi connectivity index (χ2n) is 10.8. The Morgan fingerprint density at radius 3 is 2.64 bits per heavy atom. The topological polar surface area (TPSA) is 182 Å². The summed E-state index contributed by atoms with van der Waals surface area (Å²) in [5, 5.41) is 2.24. The Labute approximate surface area is 258 Å². The molecule has 6 rings (SSSR count). The number of rotatable bonds is 6. The molecule has 0 spiro atoms. The molecule has 2 fully saturated rings. The summed E-state index contributed by atoms with van der Waals surface area (Å²) in [5.74, 6) is 1.84. The van der Waals surface area contributed by atoms with Crippen molar-refractivity contribution in [2.24, 2.45) is 0 Å². The largest absolute Gasteiger partial charge is 0.378 e. The summed E-state index contributed by atoms with van der Waals surface area (Å²) in [7, 11) is -8.39. The van der Waals surface area contributed by atoms with Gasteiger partial charge in [0, 0.05) is 73.5 Å². The van der Waals surface area contributed by atoms with Gasteiger partial charge in [0.2, 0.25) is 5.91 Å². The van der Waals surface area contributed by atoms with Crippen molar-refractivity contribution in [3.8, 4) is 12.3 Å². The van der Waals surface area contributed by atoms with Gasteiger partial charge in [-0.05, 0) is 24.3 Å². The number of fused-ring (bicyclic) bond motifs is 2. The molecule has 17 heteroatoms. The summed E-state index contributed by atoms with van der Waals surface area (Å²) in [6.45, 7) is 1.58. The molecule has 3 aliphatic rings. The van der Waals surface area contributed by atoms with Gasteiger partial charge in [0.15, 0.2) is 5.01 Å². The molecule has 1 aromatic carbocycles. The van der Waals surface area contributed by atoms with E-state index >= 15 is 0 Å². The Balaban J connectivity index is 1.26. The van der Waals surface area contributed by atoms with Crippen LogP contribution < -0.4 is 5.32 Å². The molecular formula is C27H30N6O8S3. The number of nitrogens with zero attached hydrogens (tertiary/aromatic N) is 4. The lowest BCUT2D eigenvalue weighted by molar-refractivity contribution is -0.136. The van der Waals surface area contributed by atoms with Gasteiger partial charge in [-0.25, -0.2) is 13.4 Å². The van der Waals surface area contributed by atoms with Crippen molar-refractivity contribution < 1.29 is 35.7 Å². The lowest BCUT2D eigenvalue weighted by atomic mass is 10.1. The molecule has 2 amide bonds. The van der Waals surface area contributed by atoms with Gasteiger partial charge in [-0.2, -0.15) is 12.7 Å². The van der Waals surface area contributed by atoms with E-state index in [1.54, 1.807) is 23.1 Å². The number of H-pyrrole nitrogens is 1. The van der Waals surface area contributed by atoms with Gasteiger partial charge < -0.3 is 19.5 Å². The molecule has 3 aromatic rings. The molecule has 44 heavy (non-hydrogen) atoms. The fourth-order valence-electron chi connectivity index (χ4n) is 5.66. The van der Waals surface area contributed by atoms with Crippen LogP contribution in [-0.4, -0.2) is 115 Å². The van der Waals surface area contributed by atoms with Gasteiger partial charge >= 0.3 is 0 Å². The zero-order chi connectivity index (χ0) is 31.2. The predicted octanol–water partition coefficient (Wildman–Crippen LogP) is 0.230. The van der Waals surface area contributed by atoms with Crippen molar-refractivity contribution in [2.75, 3.05) is 45.9 Å². The van der Waals surface area contributed by atoms with Crippen LogP contribution in [0.3, 0.4) is 0 Å². The number of hydrogen-bond donors (Lipinski definition) is 3. The van der Waals surface area contributed by atoms with Crippen molar-refractivity contribution in [3.63, 3.8) is 0 Å². The van der Waals surface area contributed by atoms with Crippen LogP contribution in [0.1, 0.15) is 32.4 Å². The maximum Gasteiger partial charge on any atom is 0.283 e. The van der Waals surface area contributed by atoms with Gasteiger partial charge in [-0.15, -0.1) is 17.8 Å². The third kappa shape index (κ3) is 5.98. The van der Waals surface area contributed by atoms with Crippen molar-refractivity contribution in [2.45, 2.75) is 35.8 Å². The van der Waals surface area contributed by atoms with Gasteiger partial charge in [0.05, 0.1) is 24.9 Å². The minimum Gasteiger partial charge on any atom is -0.378 e. The minimum absolute atomic E-state index is 0.0106. The highest BCUT2D eigenvalue weighted by Gasteiger charge is 2.40. The first-order valence-electron chi connectivity index (χ1n) is 13.9. The molecule has 2 unspecified atom stereocenters. The highest BCUT2D eigenvalue weighted by molar-refractivity contribution is 7.89. The Hall–Kier alpha value is -3.37. The van der Waals surface area contributed by atoms with E-state index < -0.39 is 37.5 Å². The first kappa shape index (κ1) is 30.6. The number of amides is 2. The van der Waals surface area contributed by atoms with Gasteiger partial charge in [-0.3, -0.25) is 19.5 Å². The number of hydrogen-bond acceptors (Lipinski definition) is 10. The number of carbonyl (C=O) groups excluding carboxylic acids is 2. The van der Waals surface area contributed by atoms with Crippen LogP contribution in [0.5, 0.6) is 0 Å². The van der Waals surface area contributed by atoms with Crippen LogP contribution in [0.15, 0.2) is 29.3 Å².